The van der Waals surface area contributed by atoms with Gasteiger partial charge in [0.15, 0.2) is 0 Å². The van der Waals surface area contributed by atoms with Crippen LogP contribution in [-0.4, -0.2) is 48.7 Å². The van der Waals surface area contributed by atoms with Crippen LogP contribution in [0.2, 0.25) is 0 Å². The molecule has 0 aliphatic carbocycles. The molecule has 0 saturated carbocycles. The number of rotatable bonds is 8. The van der Waals surface area contributed by atoms with Crippen molar-refractivity contribution in [1.82, 2.24) is 4.90 Å². The van der Waals surface area contributed by atoms with E-state index in [0.29, 0.717) is 6.42 Å². The molecule has 0 aromatic heterocycles. The van der Waals surface area contributed by atoms with E-state index in [1.807, 2.05) is 6.92 Å². The molecular formula is C20H22F3NO5. The largest absolute Gasteiger partial charge is 0.493 e. The Morgan fingerprint density at radius 1 is 1.03 bits per heavy atom. The highest BCUT2D eigenvalue weighted by Gasteiger charge is 2.37. The van der Waals surface area contributed by atoms with Crippen molar-refractivity contribution in [3.8, 4) is 11.5 Å². The van der Waals surface area contributed by atoms with E-state index in [1.54, 1.807) is 6.92 Å². The van der Waals surface area contributed by atoms with Crippen LogP contribution in [0.1, 0.15) is 36.2 Å². The molecule has 0 unspecified atom stereocenters. The van der Waals surface area contributed by atoms with Crippen molar-refractivity contribution in [2.75, 3.05) is 26.8 Å². The van der Waals surface area contributed by atoms with Gasteiger partial charge in [-0.1, -0.05) is 6.92 Å². The molecule has 2 aromatic rings. The van der Waals surface area contributed by atoms with Crippen molar-refractivity contribution >= 4 is 22.6 Å². The highest BCUT2D eigenvalue weighted by atomic mass is 19.4. The lowest BCUT2D eigenvalue weighted by Gasteiger charge is -2.21. The van der Waals surface area contributed by atoms with Crippen LogP contribution in [0, 0.1) is 0 Å². The number of benzene rings is 2. The van der Waals surface area contributed by atoms with E-state index >= 15 is 0 Å². The van der Waals surface area contributed by atoms with Crippen molar-refractivity contribution in [2.24, 2.45) is 0 Å². The van der Waals surface area contributed by atoms with Crippen LogP contribution in [0.4, 0.5) is 13.2 Å². The highest BCUT2D eigenvalue weighted by Crippen LogP contribution is 2.43. The third-order valence-electron chi connectivity index (χ3n) is 4.10. The van der Waals surface area contributed by atoms with Crippen molar-refractivity contribution in [3.63, 3.8) is 0 Å². The van der Waals surface area contributed by atoms with Gasteiger partial charge in [0.05, 0.1) is 18.8 Å². The lowest BCUT2D eigenvalue weighted by atomic mass is 9.97. The number of likely N-dealkylation sites (N-methyl/N-ethyl adjacent to an activating group) is 1. The Hall–Kier alpha value is -2.97. The molecule has 0 radical (unpaired) electrons. The summed E-state index contributed by atoms with van der Waals surface area (Å²) >= 11 is 0. The van der Waals surface area contributed by atoms with Crippen LogP contribution in [-0.2, 0) is 11.0 Å². The third kappa shape index (κ3) is 4.90. The molecule has 0 heterocycles. The average Bonchev–Trinajstić information content (AvgIpc) is 2.63. The second kappa shape index (κ2) is 9.02. The number of amides is 1. The minimum Gasteiger partial charge on any atom is -0.493 e. The molecule has 0 atom stereocenters. The first-order chi connectivity index (χ1) is 13.6. The number of hydrogen-bond donors (Lipinski definition) is 1. The first-order valence-electron chi connectivity index (χ1n) is 9.01. The van der Waals surface area contributed by atoms with Gasteiger partial charge in [0, 0.05) is 7.05 Å². The van der Waals surface area contributed by atoms with Gasteiger partial charge in [-0.15, -0.1) is 0 Å². The van der Waals surface area contributed by atoms with E-state index < -0.39 is 30.2 Å². The second-order valence-corrected chi connectivity index (χ2v) is 6.31. The van der Waals surface area contributed by atoms with E-state index in [1.165, 1.54) is 25.2 Å². The number of alkyl halides is 3. The van der Waals surface area contributed by atoms with Gasteiger partial charge in [-0.2, -0.15) is 13.2 Å². The van der Waals surface area contributed by atoms with Gasteiger partial charge >= 0.3 is 12.1 Å². The molecule has 158 valence electrons. The predicted molar refractivity (Wildman–Crippen MR) is 101 cm³/mol. The topological polar surface area (TPSA) is 76.1 Å². The minimum absolute atomic E-state index is 0.0108. The van der Waals surface area contributed by atoms with Crippen LogP contribution in [0.3, 0.4) is 0 Å². The number of fused-ring (bicyclic) bond motifs is 1. The summed E-state index contributed by atoms with van der Waals surface area (Å²) in [5.74, 6) is -2.24. The third-order valence-corrected chi connectivity index (χ3v) is 4.10. The van der Waals surface area contributed by atoms with Gasteiger partial charge in [0.2, 0.25) is 0 Å². The molecule has 9 heteroatoms. The summed E-state index contributed by atoms with van der Waals surface area (Å²) in [5, 5.41) is 8.75. The van der Waals surface area contributed by atoms with E-state index in [2.05, 4.69) is 0 Å². The molecular weight excluding hydrogens is 391 g/mol. The van der Waals surface area contributed by atoms with Gasteiger partial charge in [-0.3, -0.25) is 9.59 Å². The van der Waals surface area contributed by atoms with E-state index in [-0.39, 0.29) is 41.0 Å². The average molecular weight is 413 g/mol. The van der Waals surface area contributed by atoms with Crippen molar-refractivity contribution in [3.05, 3.63) is 35.4 Å². The second-order valence-electron chi connectivity index (χ2n) is 6.31. The van der Waals surface area contributed by atoms with Crippen molar-refractivity contribution in [2.45, 2.75) is 26.4 Å². The quantitative estimate of drug-likeness (QED) is 0.702. The predicted octanol–water partition coefficient (Wildman–Crippen LogP) is 4.20. The summed E-state index contributed by atoms with van der Waals surface area (Å²) in [7, 11) is 1.26. The van der Waals surface area contributed by atoms with E-state index in [4.69, 9.17) is 14.6 Å². The molecule has 0 spiro atoms. The monoisotopic (exact) mass is 413 g/mol. The van der Waals surface area contributed by atoms with Gasteiger partial charge in [-0.25, -0.2) is 0 Å². The number of hydrogen-bond acceptors (Lipinski definition) is 4. The first-order valence-corrected chi connectivity index (χ1v) is 9.01. The molecule has 0 aliphatic rings. The van der Waals surface area contributed by atoms with Crippen LogP contribution in [0.25, 0.3) is 10.8 Å². The number of carboxylic acid groups (broad SMARTS) is 1. The molecule has 0 bridgehead atoms. The smallest absolute Gasteiger partial charge is 0.420 e. The molecule has 29 heavy (non-hydrogen) atoms. The number of ether oxygens (including phenoxy) is 2. The first kappa shape index (κ1) is 22.3. The Bertz CT molecular complexity index is 911. The summed E-state index contributed by atoms with van der Waals surface area (Å²) in [6, 6.07) is 5.05. The fourth-order valence-electron chi connectivity index (χ4n) is 2.95. The van der Waals surface area contributed by atoms with Gasteiger partial charge in [-0.05, 0) is 48.4 Å². The Morgan fingerprint density at radius 2 is 1.66 bits per heavy atom. The Morgan fingerprint density at radius 3 is 2.21 bits per heavy atom. The Balaban J connectivity index is 2.79. The van der Waals surface area contributed by atoms with Gasteiger partial charge < -0.3 is 19.5 Å². The van der Waals surface area contributed by atoms with Gasteiger partial charge in [0.1, 0.15) is 23.6 Å². The maximum absolute atomic E-state index is 13.8. The zero-order chi connectivity index (χ0) is 21.8. The maximum Gasteiger partial charge on any atom is 0.420 e. The summed E-state index contributed by atoms with van der Waals surface area (Å²) in [6.07, 6.45) is -4.10. The normalized spacial score (nSPS) is 11.4. The fourth-order valence-corrected chi connectivity index (χ4v) is 2.95. The summed E-state index contributed by atoms with van der Waals surface area (Å²) in [6.45, 7) is 3.10. The van der Waals surface area contributed by atoms with Crippen LogP contribution in [0.15, 0.2) is 24.3 Å². The van der Waals surface area contributed by atoms with E-state index in [0.717, 1.165) is 11.0 Å². The number of nitrogens with zero attached hydrogens (tertiary/aromatic N) is 1. The van der Waals surface area contributed by atoms with Crippen LogP contribution >= 0.6 is 0 Å². The van der Waals surface area contributed by atoms with Gasteiger partial charge in [0.25, 0.3) is 5.91 Å². The molecule has 2 rings (SSSR count). The number of carbonyl (C=O) groups excluding carboxylic acids is 1. The standard InChI is InChI=1S/C20H22F3NO5/c1-4-10-29-14-8-7-13-12(17(14)19(27)24(3)11-16(25)26)6-9-15(28-5-2)18(13)20(21,22)23/h6-9H,4-5,10-11H2,1-3H3,(H,25,26). The number of carboxylic acids is 1. The number of halogens is 3. The highest BCUT2D eigenvalue weighted by molar-refractivity contribution is 6.11. The molecule has 1 N–H and O–H groups in total. The van der Waals surface area contributed by atoms with Crippen molar-refractivity contribution in [1.29, 1.82) is 0 Å². The van der Waals surface area contributed by atoms with E-state index in [9.17, 15) is 22.8 Å². The SMILES string of the molecule is CCCOc1ccc2c(C(F)(F)F)c(OCC)ccc2c1C(=O)N(C)CC(=O)O. The van der Waals surface area contributed by atoms with Crippen LogP contribution < -0.4 is 9.47 Å². The molecule has 0 fully saturated rings. The lowest BCUT2D eigenvalue weighted by Crippen LogP contribution is -2.32. The minimum atomic E-state index is -4.72. The maximum atomic E-state index is 13.8. The molecule has 6 nitrogen and oxygen atoms in total. The summed E-state index contributed by atoms with van der Waals surface area (Å²) in [4.78, 5) is 24.8. The Labute approximate surface area is 165 Å². The molecule has 0 saturated heterocycles. The van der Waals surface area contributed by atoms with Crippen LogP contribution in [0.5, 0.6) is 11.5 Å². The lowest BCUT2D eigenvalue weighted by molar-refractivity contribution is -0.138. The summed E-state index contributed by atoms with van der Waals surface area (Å²) in [5.41, 5.74) is -1.11. The zero-order valence-corrected chi connectivity index (χ0v) is 16.3. The Kier molecular flexibility index (Phi) is 6.94. The van der Waals surface area contributed by atoms with Crippen molar-refractivity contribution < 1.29 is 37.3 Å². The molecule has 0 aliphatic heterocycles. The number of aliphatic carboxylic acids is 1. The fraction of sp³-hybridized carbons (Fsp3) is 0.400. The number of carbonyl (C=O) groups is 2. The summed E-state index contributed by atoms with van der Waals surface area (Å²) < 4.78 is 52.1. The molecule has 1 amide bonds. The zero-order valence-electron chi connectivity index (χ0n) is 16.3. The molecule has 2 aromatic carbocycles.